The smallest absolute Gasteiger partial charge is 0.387 e. The molecule has 0 amide bonds. The van der Waals surface area contributed by atoms with Crippen molar-refractivity contribution in [2.45, 2.75) is 13.5 Å². The van der Waals surface area contributed by atoms with Crippen LogP contribution in [0, 0.1) is 6.92 Å². The number of benzene rings is 2. The van der Waals surface area contributed by atoms with E-state index in [4.69, 9.17) is 4.74 Å². The summed E-state index contributed by atoms with van der Waals surface area (Å²) in [5.74, 6) is 1.38. The molecule has 0 aliphatic carbocycles. The van der Waals surface area contributed by atoms with Crippen LogP contribution in [0.25, 0.3) is 0 Å². The summed E-state index contributed by atoms with van der Waals surface area (Å²) in [6.45, 7) is -0.825. The third-order valence-corrected chi connectivity index (χ3v) is 2.31. The molecule has 0 unspecified atom stereocenters. The summed E-state index contributed by atoms with van der Waals surface area (Å²) in [4.78, 5) is 0. The van der Waals surface area contributed by atoms with Crippen molar-refractivity contribution >= 4 is 0 Å². The molecule has 18 heavy (non-hydrogen) atoms. The second kappa shape index (κ2) is 5.49. The fraction of sp³-hybridized carbons (Fsp3) is 0.143. The van der Waals surface area contributed by atoms with Crippen molar-refractivity contribution in [3.8, 4) is 17.2 Å². The minimum absolute atomic E-state index is 0.112. The maximum absolute atomic E-state index is 12.0. The molecule has 2 aromatic rings. The Balaban J connectivity index is 2.04. The Morgan fingerprint density at radius 1 is 0.778 bits per heavy atom. The first-order valence-electron chi connectivity index (χ1n) is 5.43. The van der Waals surface area contributed by atoms with Gasteiger partial charge < -0.3 is 9.47 Å². The zero-order valence-electron chi connectivity index (χ0n) is 9.77. The lowest BCUT2D eigenvalue weighted by molar-refractivity contribution is -0.0498. The van der Waals surface area contributed by atoms with Gasteiger partial charge in [0.1, 0.15) is 17.2 Å². The van der Waals surface area contributed by atoms with Gasteiger partial charge in [-0.05, 0) is 43.3 Å². The first-order valence-corrected chi connectivity index (χ1v) is 5.43. The van der Waals surface area contributed by atoms with Gasteiger partial charge in [-0.2, -0.15) is 8.78 Å². The highest BCUT2D eigenvalue weighted by molar-refractivity contribution is 5.36. The normalized spacial score (nSPS) is 10.4. The van der Waals surface area contributed by atoms with Gasteiger partial charge in [-0.3, -0.25) is 0 Å². The van der Waals surface area contributed by atoms with E-state index in [0.29, 0.717) is 11.5 Å². The lowest BCUT2D eigenvalue weighted by Gasteiger charge is -2.07. The van der Waals surface area contributed by atoms with E-state index in [9.17, 15) is 8.78 Å². The van der Waals surface area contributed by atoms with Crippen LogP contribution in [-0.2, 0) is 0 Å². The van der Waals surface area contributed by atoms with Crippen molar-refractivity contribution in [2.24, 2.45) is 0 Å². The number of ether oxygens (including phenoxy) is 2. The zero-order chi connectivity index (χ0) is 13.0. The van der Waals surface area contributed by atoms with Gasteiger partial charge in [0.2, 0.25) is 0 Å². The van der Waals surface area contributed by atoms with Crippen LogP contribution >= 0.6 is 0 Å². The second-order valence-corrected chi connectivity index (χ2v) is 3.77. The molecule has 0 saturated heterocycles. The number of alkyl halides is 2. The number of halogens is 2. The minimum atomic E-state index is -2.81. The topological polar surface area (TPSA) is 18.5 Å². The summed E-state index contributed by atoms with van der Waals surface area (Å²) in [7, 11) is 0. The van der Waals surface area contributed by atoms with Crippen LogP contribution in [0.3, 0.4) is 0 Å². The molecule has 2 nitrogen and oxygen atoms in total. The Morgan fingerprint density at radius 2 is 1.22 bits per heavy atom. The lowest BCUT2D eigenvalue weighted by Crippen LogP contribution is -2.01. The summed E-state index contributed by atoms with van der Waals surface area (Å²) in [5.41, 5.74) is 1.14. The molecule has 0 fully saturated rings. The average molecular weight is 250 g/mol. The van der Waals surface area contributed by atoms with Gasteiger partial charge in [0, 0.05) is 0 Å². The highest BCUT2D eigenvalue weighted by Crippen LogP contribution is 2.24. The van der Waals surface area contributed by atoms with Gasteiger partial charge >= 0.3 is 6.61 Å². The Labute approximate surface area is 104 Å². The van der Waals surface area contributed by atoms with E-state index < -0.39 is 6.61 Å². The third-order valence-electron chi connectivity index (χ3n) is 2.31. The Hall–Kier alpha value is -2.10. The van der Waals surface area contributed by atoms with E-state index in [2.05, 4.69) is 4.74 Å². The first-order chi connectivity index (χ1) is 8.63. The molecule has 2 rings (SSSR count). The summed E-state index contributed by atoms with van der Waals surface area (Å²) in [6, 6.07) is 13.6. The van der Waals surface area contributed by atoms with Crippen molar-refractivity contribution in [3.63, 3.8) is 0 Å². The maximum atomic E-state index is 12.0. The molecule has 0 bridgehead atoms. The standard InChI is InChI=1S/C14H12F2O2/c1-10-2-4-11(5-3-10)17-12-6-8-13(9-7-12)18-14(15)16/h2-9,14H,1H3. The molecule has 0 N–H and O–H groups in total. The maximum Gasteiger partial charge on any atom is 0.387 e. The van der Waals surface area contributed by atoms with Gasteiger partial charge in [-0.1, -0.05) is 17.7 Å². The van der Waals surface area contributed by atoms with Gasteiger partial charge in [0.05, 0.1) is 0 Å². The fourth-order valence-corrected chi connectivity index (χ4v) is 1.43. The van der Waals surface area contributed by atoms with E-state index in [-0.39, 0.29) is 5.75 Å². The predicted octanol–water partition coefficient (Wildman–Crippen LogP) is 4.39. The number of rotatable bonds is 4. The van der Waals surface area contributed by atoms with Crippen molar-refractivity contribution in [2.75, 3.05) is 0 Å². The van der Waals surface area contributed by atoms with Crippen LogP contribution in [-0.4, -0.2) is 6.61 Å². The molecule has 94 valence electrons. The van der Waals surface area contributed by atoms with E-state index in [1.807, 2.05) is 31.2 Å². The molecule has 0 saturated carbocycles. The fourth-order valence-electron chi connectivity index (χ4n) is 1.43. The largest absolute Gasteiger partial charge is 0.457 e. The first kappa shape index (κ1) is 12.4. The quantitative estimate of drug-likeness (QED) is 0.801. The molecule has 0 heterocycles. The number of hydrogen-bond acceptors (Lipinski definition) is 2. The highest BCUT2D eigenvalue weighted by Gasteiger charge is 2.04. The third kappa shape index (κ3) is 3.45. The van der Waals surface area contributed by atoms with Crippen LogP contribution in [0.5, 0.6) is 17.2 Å². The van der Waals surface area contributed by atoms with Gasteiger partial charge in [0.25, 0.3) is 0 Å². The van der Waals surface area contributed by atoms with Crippen LogP contribution in [0.1, 0.15) is 5.56 Å². The van der Waals surface area contributed by atoms with Gasteiger partial charge in [0.15, 0.2) is 0 Å². The molecule has 0 aromatic heterocycles. The molecule has 0 aliphatic heterocycles. The van der Waals surface area contributed by atoms with Crippen molar-refractivity contribution < 1.29 is 18.3 Å². The second-order valence-electron chi connectivity index (χ2n) is 3.77. The monoisotopic (exact) mass is 250 g/mol. The Morgan fingerprint density at radius 3 is 1.72 bits per heavy atom. The van der Waals surface area contributed by atoms with E-state index in [1.54, 1.807) is 12.1 Å². The van der Waals surface area contributed by atoms with E-state index in [0.717, 1.165) is 5.56 Å². The number of aryl methyl sites for hydroxylation is 1. The molecule has 2 aromatic carbocycles. The summed E-state index contributed by atoms with van der Waals surface area (Å²) >= 11 is 0. The predicted molar refractivity (Wildman–Crippen MR) is 64.3 cm³/mol. The van der Waals surface area contributed by atoms with E-state index in [1.165, 1.54) is 12.1 Å². The SMILES string of the molecule is Cc1ccc(Oc2ccc(OC(F)F)cc2)cc1. The highest BCUT2D eigenvalue weighted by atomic mass is 19.3. The molecular weight excluding hydrogens is 238 g/mol. The average Bonchev–Trinajstić information content (AvgIpc) is 2.34. The molecule has 4 heteroatoms. The van der Waals surface area contributed by atoms with Crippen molar-refractivity contribution in [1.29, 1.82) is 0 Å². The summed E-state index contributed by atoms with van der Waals surface area (Å²) in [5, 5.41) is 0. The Bertz CT molecular complexity index is 492. The molecule has 0 radical (unpaired) electrons. The molecular formula is C14H12F2O2. The minimum Gasteiger partial charge on any atom is -0.457 e. The zero-order valence-corrected chi connectivity index (χ0v) is 9.77. The summed E-state index contributed by atoms with van der Waals surface area (Å²) < 4.78 is 33.7. The number of hydrogen-bond donors (Lipinski definition) is 0. The lowest BCUT2D eigenvalue weighted by atomic mass is 10.2. The Kier molecular flexibility index (Phi) is 3.77. The van der Waals surface area contributed by atoms with Gasteiger partial charge in [-0.15, -0.1) is 0 Å². The van der Waals surface area contributed by atoms with Crippen LogP contribution in [0.15, 0.2) is 48.5 Å². The van der Waals surface area contributed by atoms with Crippen molar-refractivity contribution in [3.05, 3.63) is 54.1 Å². The van der Waals surface area contributed by atoms with E-state index >= 15 is 0 Å². The van der Waals surface area contributed by atoms with Crippen LogP contribution in [0.4, 0.5) is 8.78 Å². The van der Waals surface area contributed by atoms with Crippen molar-refractivity contribution in [1.82, 2.24) is 0 Å². The van der Waals surface area contributed by atoms with Gasteiger partial charge in [-0.25, -0.2) is 0 Å². The molecule has 0 aliphatic rings. The van der Waals surface area contributed by atoms with Crippen LogP contribution < -0.4 is 9.47 Å². The summed E-state index contributed by atoms with van der Waals surface area (Å²) in [6.07, 6.45) is 0. The molecule has 0 atom stereocenters. The van der Waals surface area contributed by atoms with Crippen LogP contribution in [0.2, 0.25) is 0 Å². The molecule has 0 spiro atoms.